The van der Waals surface area contributed by atoms with Crippen LogP contribution in [0.25, 0.3) is 0 Å². The van der Waals surface area contributed by atoms with Gasteiger partial charge in [0, 0.05) is 26.2 Å². The molecule has 7 nitrogen and oxygen atoms in total. The summed E-state index contributed by atoms with van der Waals surface area (Å²) in [5.74, 6) is -0.720. The first-order valence-corrected chi connectivity index (χ1v) is 10.9. The molecule has 1 aromatic heterocycles. The van der Waals surface area contributed by atoms with Crippen molar-refractivity contribution < 1.29 is 17.6 Å². The van der Waals surface area contributed by atoms with Gasteiger partial charge >= 0.3 is 0 Å². The van der Waals surface area contributed by atoms with Crippen molar-refractivity contribution in [3.8, 4) is 0 Å². The molecule has 3 rings (SSSR count). The summed E-state index contributed by atoms with van der Waals surface area (Å²) in [5.41, 5.74) is 1.69. The topological polar surface area (TPSA) is 84.3 Å². The third-order valence-electron chi connectivity index (χ3n) is 4.50. The van der Waals surface area contributed by atoms with Crippen LogP contribution in [0.15, 0.2) is 71.9 Å². The average Bonchev–Trinajstić information content (AvgIpc) is 3.15. The Morgan fingerprint density at radius 1 is 1.13 bits per heavy atom. The van der Waals surface area contributed by atoms with Crippen molar-refractivity contribution in [3.63, 3.8) is 0 Å². The van der Waals surface area contributed by atoms with E-state index in [-0.39, 0.29) is 23.8 Å². The van der Waals surface area contributed by atoms with Gasteiger partial charge in [-0.2, -0.15) is 5.10 Å². The first-order valence-electron chi connectivity index (χ1n) is 9.43. The summed E-state index contributed by atoms with van der Waals surface area (Å²) in [6.07, 6.45) is 3.83. The van der Waals surface area contributed by atoms with Gasteiger partial charge in [-0.1, -0.05) is 30.3 Å². The number of anilines is 1. The van der Waals surface area contributed by atoms with Crippen LogP contribution in [-0.2, 0) is 21.4 Å². The predicted octanol–water partition coefficient (Wildman–Crippen LogP) is 3.11. The van der Waals surface area contributed by atoms with Crippen LogP contribution >= 0.6 is 0 Å². The van der Waals surface area contributed by atoms with Crippen LogP contribution in [0.3, 0.4) is 0 Å². The molecule has 0 fully saturated rings. The van der Waals surface area contributed by atoms with Gasteiger partial charge in [0.1, 0.15) is 5.82 Å². The van der Waals surface area contributed by atoms with E-state index in [1.807, 2.05) is 30.3 Å². The van der Waals surface area contributed by atoms with Crippen LogP contribution in [0.2, 0.25) is 0 Å². The van der Waals surface area contributed by atoms with E-state index in [9.17, 15) is 17.6 Å². The third-order valence-corrected chi connectivity index (χ3v) is 6.37. The number of hydrogen-bond acceptors (Lipinski definition) is 4. The molecule has 1 heterocycles. The van der Waals surface area contributed by atoms with E-state index in [0.717, 1.165) is 22.0 Å². The number of sulfonamides is 1. The fourth-order valence-electron chi connectivity index (χ4n) is 2.88. The molecule has 158 valence electrons. The number of carbonyl (C=O) groups is 1. The lowest BCUT2D eigenvalue weighted by molar-refractivity contribution is -0.116. The number of amides is 1. The maximum absolute atomic E-state index is 13.0. The summed E-state index contributed by atoms with van der Waals surface area (Å²) in [6, 6.07) is 14.5. The standard InChI is InChI=1S/C21H23FN4O3S/c1-25(30(28,29)20-11-9-18(22)10-12-20)13-5-8-21(27)24-19-14-23-26(16-19)15-17-6-3-2-4-7-17/h2-4,6-7,9-12,14,16H,5,8,13,15H2,1H3,(H,24,27). The molecule has 0 bridgehead atoms. The molecule has 30 heavy (non-hydrogen) atoms. The molecule has 0 aliphatic carbocycles. The lowest BCUT2D eigenvalue weighted by atomic mass is 10.2. The van der Waals surface area contributed by atoms with Crippen molar-refractivity contribution in [3.05, 3.63) is 78.4 Å². The number of aromatic nitrogens is 2. The number of hydrogen-bond donors (Lipinski definition) is 1. The quantitative estimate of drug-likeness (QED) is 0.565. The van der Waals surface area contributed by atoms with Gasteiger partial charge in [-0.3, -0.25) is 9.48 Å². The minimum atomic E-state index is -3.72. The monoisotopic (exact) mass is 430 g/mol. The van der Waals surface area contributed by atoms with Gasteiger partial charge in [0.15, 0.2) is 0 Å². The van der Waals surface area contributed by atoms with Crippen molar-refractivity contribution in [2.75, 3.05) is 18.9 Å². The molecule has 3 aromatic rings. The number of carbonyl (C=O) groups excluding carboxylic acids is 1. The van der Waals surface area contributed by atoms with Gasteiger partial charge < -0.3 is 5.32 Å². The summed E-state index contributed by atoms with van der Waals surface area (Å²) in [5, 5.41) is 7.00. The van der Waals surface area contributed by atoms with E-state index in [2.05, 4.69) is 10.4 Å². The molecule has 2 aromatic carbocycles. The molecule has 1 N–H and O–H groups in total. The number of nitrogens with one attached hydrogen (secondary N) is 1. The van der Waals surface area contributed by atoms with Crippen molar-refractivity contribution >= 4 is 21.6 Å². The van der Waals surface area contributed by atoms with E-state index < -0.39 is 15.8 Å². The van der Waals surface area contributed by atoms with Crippen LogP contribution in [-0.4, -0.2) is 42.0 Å². The zero-order chi connectivity index (χ0) is 21.6. The smallest absolute Gasteiger partial charge is 0.242 e. The highest BCUT2D eigenvalue weighted by molar-refractivity contribution is 7.89. The zero-order valence-electron chi connectivity index (χ0n) is 16.5. The second kappa shape index (κ2) is 9.64. The lowest BCUT2D eigenvalue weighted by Crippen LogP contribution is -2.28. The highest BCUT2D eigenvalue weighted by atomic mass is 32.2. The van der Waals surface area contributed by atoms with Crippen LogP contribution in [0, 0.1) is 5.82 Å². The zero-order valence-corrected chi connectivity index (χ0v) is 17.3. The molecule has 1 amide bonds. The molecule has 0 aliphatic heterocycles. The van der Waals surface area contributed by atoms with Gasteiger partial charge in [0.05, 0.1) is 23.3 Å². The minimum absolute atomic E-state index is 0.0154. The summed E-state index contributed by atoms with van der Waals surface area (Å²) < 4.78 is 40.8. The molecule has 0 aliphatic rings. The molecular weight excluding hydrogens is 407 g/mol. The van der Waals surface area contributed by atoms with Crippen molar-refractivity contribution in [1.29, 1.82) is 0 Å². The summed E-state index contributed by atoms with van der Waals surface area (Å²) in [7, 11) is -2.28. The summed E-state index contributed by atoms with van der Waals surface area (Å²) in [6.45, 7) is 0.767. The second-order valence-corrected chi connectivity index (χ2v) is 8.89. The van der Waals surface area contributed by atoms with E-state index in [1.165, 1.54) is 19.2 Å². The Morgan fingerprint density at radius 2 is 1.83 bits per heavy atom. The van der Waals surface area contributed by atoms with E-state index in [4.69, 9.17) is 0 Å². The van der Waals surface area contributed by atoms with Gasteiger partial charge in [-0.05, 0) is 36.2 Å². The number of rotatable bonds is 9. The largest absolute Gasteiger partial charge is 0.323 e. The minimum Gasteiger partial charge on any atom is -0.323 e. The van der Waals surface area contributed by atoms with Crippen LogP contribution < -0.4 is 5.32 Å². The van der Waals surface area contributed by atoms with Gasteiger partial charge in [-0.25, -0.2) is 17.1 Å². The van der Waals surface area contributed by atoms with E-state index >= 15 is 0 Å². The molecule has 0 saturated heterocycles. The molecule has 0 spiro atoms. The van der Waals surface area contributed by atoms with E-state index in [1.54, 1.807) is 17.1 Å². The Kier molecular flexibility index (Phi) is 6.96. The van der Waals surface area contributed by atoms with Gasteiger partial charge in [0.2, 0.25) is 15.9 Å². The maximum atomic E-state index is 13.0. The van der Waals surface area contributed by atoms with Crippen LogP contribution in [0.4, 0.5) is 10.1 Å². The number of halogens is 1. The van der Waals surface area contributed by atoms with Crippen LogP contribution in [0.1, 0.15) is 18.4 Å². The number of nitrogens with zero attached hydrogens (tertiary/aromatic N) is 3. The fourth-order valence-corrected chi connectivity index (χ4v) is 4.09. The van der Waals surface area contributed by atoms with Crippen molar-refractivity contribution in [2.24, 2.45) is 0 Å². The highest BCUT2D eigenvalue weighted by Crippen LogP contribution is 2.15. The normalized spacial score (nSPS) is 11.6. The summed E-state index contributed by atoms with van der Waals surface area (Å²) >= 11 is 0. The summed E-state index contributed by atoms with van der Waals surface area (Å²) in [4.78, 5) is 12.2. The van der Waals surface area contributed by atoms with Gasteiger partial charge in [-0.15, -0.1) is 0 Å². The fraction of sp³-hybridized carbons (Fsp3) is 0.238. The first-order chi connectivity index (χ1) is 14.3. The molecule has 0 saturated carbocycles. The average molecular weight is 431 g/mol. The molecule has 0 atom stereocenters. The predicted molar refractivity (Wildman–Crippen MR) is 112 cm³/mol. The molecule has 0 unspecified atom stereocenters. The molecular formula is C21H23FN4O3S. The van der Waals surface area contributed by atoms with Gasteiger partial charge in [0.25, 0.3) is 0 Å². The van der Waals surface area contributed by atoms with E-state index in [0.29, 0.717) is 18.7 Å². The Bertz CT molecular complexity index is 1080. The highest BCUT2D eigenvalue weighted by Gasteiger charge is 2.20. The SMILES string of the molecule is CN(CCCC(=O)Nc1cnn(Cc2ccccc2)c1)S(=O)(=O)c1ccc(F)cc1. The molecule has 9 heteroatoms. The maximum Gasteiger partial charge on any atom is 0.242 e. The second-order valence-electron chi connectivity index (χ2n) is 6.84. The Morgan fingerprint density at radius 3 is 2.53 bits per heavy atom. The Labute approximate surface area is 175 Å². The lowest BCUT2D eigenvalue weighted by Gasteiger charge is -2.17. The Hall–Kier alpha value is -3.04. The van der Waals surface area contributed by atoms with Crippen molar-refractivity contribution in [1.82, 2.24) is 14.1 Å². The Balaban J connectivity index is 1.46. The van der Waals surface area contributed by atoms with Crippen LogP contribution in [0.5, 0.6) is 0 Å². The molecule has 0 radical (unpaired) electrons. The first kappa shape index (κ1) is 21.7. The third kappa shape index (κ3) is 5.74. The number of benzene rings is 2. The van der Waals surface area contributed by atoms with Crippen molar-refractivity contribution in [2.45, 2.75) is 24.3 Å².